The van der Waals surface area contributed by atoms with Crippen LogP contribution >= 0.6 is 11.3 Å². The van der Waals surface area contributed by atoms with Gasteiger partial charge in [-0.25, -0.2) is 0 Å². The minimum absolute atomic E-state index is 0.142. The first kappa shape index (κ1) is 14.2. The van der Waals surface area contributed by atoms with Crippen LogP contribution in [0.15, 0.2) is 71.5 Å². The maximum absolute atomic E-state index is 13.2. The van der Waals surface area contributed by atoms with Gasteiger partial charge in [0, 0.05) is 20.2 Å². The van der Waals surface area contributed by atoms with Crippen molar-refractivity contribution < 1.29 is 0 Å². The summed E-state index contributed by atoms with van der Waals surface area (Å²) in [6.07, 6.45) is 0.930. The molecule has 0 aliphatic carbocycles. The van der Waals surface area contributed by atoms with Gasteiger partial charge in [-0.2, -0.15) is 0 Å². The standard InChI is InChI=1S/C21H16OS/c1-2-14-12-13-16(15-8-4-3-5-9-15)19-20(22)17-10-6-7-11-18(17)23-21(14)19/h3-13H,2H2,1H3. The molecular formula is C21H16OS. The Morgan fingerprint density at radius 2 is 1.61 bits per heavy atom. The molecule has 2 heteroatoms. The molecule has 4 rings (SSSR count). The molecule has 1 aromatic heterocycles. The van der Waals surface area contributed by atoms with Crippen molar-refractivity contribution in [1.29, 1.82) is 0 Å². The molecule has 0 saturated heterocycles. The molecule has 0 radical (unpaired) electrons. The van der Waals surface area contributed by atoms with Gasteiger partial charge in [-0.3, -0.25) is 4.79 Å². The normalized spacial score (nSPS) is 11.2. The first-order valence-corrected chi connectivity index (χ1v) is 8.64. The summed E-state index contributed by atoms with van der Waals surface area (Å²) in [5.41, 5.74) is 3.51. The van der Waals surface area contributed by atoms with Crippen molar-refractivity contribution in [2.75, 3.05) is 0 Å². The summed E-state index contributed by atoms with van der Waals surface area (Å²) >= 11 is 1.73. The van der Waals surface area contributed by atoms with Crippen molar-refractivity contribution in [3.63, 3.8) is 0 Å². The first-order valence-electron chi connectivity index (χ1n) is 7.82. The minimum atomic E-state index is 0.142. The molecule has 0 amide bonds. The second-order valence-electron chi connectivity index (χ2n) is 5.62. The molecule has 1 nitrogen and oxygen atoms in total. The number of fused-ring (bicyclic) bond motifs is 2. The summed E-state index contributed by atoms with van der Waals surface area (Å²) in [6.45, 7) is 2.14. The molecule has 0 spiro atoms. The lowest BCUT2D eigenvalue weighted by Gasteiger charge is -2.11. The molecule has 0 atom stereocenters. The smallest absolute Gasteiger partial charge is 0.196 e. The van der Waals surface area contributed by atoms with E-state index in [-0.39, 0.29) is 5.43 Å². The number of aryl methyl sites for hydroxylation is 1. The molecule has 0 unspecified atom stereocenters. The molecule has 0 aliphatic heterocycles. The van der Waals surface area contributed by atoms with Crippen LogP contribution in [0.25, 0.3) is 31.3 Å². The molecule has 4 aromatic rings. The van der Waals surface area contributed by atoms with E-state index in [0.717, 1.165) is 37.7 Å². The van der Waals surface area contributed by atoms with E-state index in [9.17, 15) is 4.79 Å². The van der Waals surface area contributed by atoms with Crippen LogP contribution in [0.4, 0.5) is 0 Å². The highest BCUT2D eigenvalue weighted by molar-refractivity contribution is 7.24. The highest BCUT2D eigenvalue weighted by atomic mass is 32.1. The molecule has 112 valence electrons. The third-order valence-corrected chi connectivity index (χ3v) is 5.52. The molecule has 1 heterocycles. The number of benzene rings is 3. The maximum Gasteiger partial charge on any atom is 0.196 e. The summed E-state index contributed by atoms with van der Waals surface area (Å²) < 4.78 is 2.18. The van der Waals surface area contributed by atoms with Gasteiger partial charge in [0.25, 0.3) is 0 Å². The largest absolute Gasteiger partial charge is 0.288 e. The van der Waals surface area contributed by atoms with E-state index in [0.29, 0.717) is 0 Å². The number of rotatable bonds is 2. The average molecular weight is 316 g/mol. The lowest BCUT2D eigenvalue weighted by molar-refractivity contribution is 1.16. The van der Waals surface area contributed by atoms with Gasteiger partial charge in [0.1, 0.15) is 0 Å². The van der Waals surface area contributed by atoms with E-state index in [2.05, 4.69) is 31.2 Å². The van der Waals surface area contributed by atoms with E-state index in [1.165, 1.54) is 5.56 Å². The summed E-state index contributed by atoms with van der Waals surface area (Å²) in [5.74, 6) is 0. The van der Waals surface area contributed by atoms with Gasteiger partial charge in [0.15, 0.2) is 5.43 Å². The van der Waals surface area contributed by atoms with Crippen LogP contribution in [-0.2, 0) is 6.42 Å². The Balaban J connectivity index is 2.22. The first-order chi connectivity index (χ1) is 11.3. The highest BCUT2D eigenvalue weighted by Crippen LogP contribution is 2.34. The maximum atomic E-state index is 13.2. The zero-order valence-electron chi connectivity index (χ0n) is 12.9. The zero-order chi connectivity index (χ0) is 15.8. The van der Waals surface area contributed by atoms with E-state index in [1.54, 1.807) is 11.3 Å². The van der Waals surface area contributed by atoms with Gasteiger partial charge in [-0.05, 0) is 35.2 Å². The Kier molecular flexibility index (Phi) is 3.47. The van der Waals surface area contributed by atoms with Crippen LogP contribution in [0.1, 0.15) is 12.5 Å². The van der Waals surface area contributed by atoms with Gasteiger partial charge < -0.3 is 0 Å². The fourth-order valence-electron chi connectivity index (χ4n) is 3.09. The summed E-state index contributed by atoms with van der Waals surface area (Å²) in [4.78, 5) is 13.2. The highest BCUT2D eigenvalue weighted by Gasteiger charge is 2.13. The predicted molar refractivity (Wildman–Crippen MR) is 100 cm³/mol. The molecule has 0 bridgehead atoms. The van der Waals surface area contributed by atoms with Gasteiger partial charge in [0.05, 0.1) is 0 Å². The Morgan fingerprint density at radius 3 is 2.39 bits per heavy atom. The van der Waals surface area contributed by atoms with Crippen molar-refractivity contribution in [3.8, 4) is 11.1 Å². The Bertz CT molecular complexity index is 1060. The Hall–Kier alpha value is -2.45. The Labute approximate surface area is 138 Å². The van der Waals surface area contributed by atoms with Crippen LogP contribution in [0, 0.1) is 0 Å². The van der Waals surface area contributed by atoms with Crippen LogP contribution in [0.5, 0.6) is 0 Å². The lowest BCUT2D eigenvalue weighted by Crippen LogP contribution is -2.04. The number of hydrogen-bond acceptors (Lipinski definition) is 2. The predicted octanol–water partition coefficient (Wildman–Crippen LogP) is 5.64. The summed E-state index contributed by atoms with van der Waals surface area (Å²) in [6, 6.07) is 22.3. The Morgan fingerprint density at radius 1 is 0.870 bits per heavy atom. The minimum Gasteiger partial charge on any atom is -0.288 e. The fraction of sp³-hybridized carbons (Fsp3) is 0.0952. The zero-order valence-corrected chi connectivity index (χ0v) is 13.7. The molecule has 0 saturated carbocycles. The van der Waals surface area contributed by atoms with Crippen molar-refractivity contribution >= 4 is 31.5 Å². The topological polar surface area (TPSA) is 17.1 Å². The third-order valence-electron chi connectivity index (χ3n) is 4.28. The molecule has 23 heavy (non-hydrogen) atoms. The quantitative estimate of drug-likeness (QED) is 0.437. The van der Waals surface area contributed by atoms with E-state index < -0.39 is 0 Å². The second kappa shape index (κ2) is 5.64. The van der Waals surface area contributed by atoms with Crippen LogP contribution in [0.2, 0.25) is 0 Å². The van der Waals surface area contributed by atoms with Gasteiger partial charge in [-0.15, -0.1) is 11.3 Å². The summed E-state index contributed by atoms with van der Waals surface area (Å²) in [5, 5.41) is 1.68. The van der Waals surface area contributed by atoms with E-state index in [1.807, 2.05) is 42.5 Å². The van der Waals surface area contributed by atoms with Gasteiger partial charge >= 0.3 is 0 Å². The molecule has 0 fully saturated rings. The van der Waals surface area contributed by atoms with E-state index >= 15 is 0 Å². The van der Waals surface area contributed by atoms with Gasteiger partial charge in [-0.1, -0.05) is 61.5 Å². The van der Waals surface area contributed by atoms with Gasteiger partial charge in [0.2, 0.25) is 0 Å². The molecule has 0 N–H and O–H groups in total. The average Bonchev–Trinajstić information content (AvgIpc) is 2.62. The fourth-order valence-corrected chi connectivity index (χ4v) is 4.38. The molecular weight excluding hydrogens is 300 g/mol. The monoisotopic (exact) mass is 316 g/mol. The van der Waals surface area contributed by atoms with Crippen LogP contribution < -0.4 is 5.43 Å². The van der Waals surface area contributed by atoms with Crippen LogP contribution in [-0.4, -0.2) is 0 Å². The lowest BCUT2D eigenvalue weighted by atomic mass is 9.98. The van der Waals surface area contributed by atoms with Crippen molar-refractivity contribution in [1.82, 2.24) is 0 Å². The molecule has 3 aromatic carbocycles. The van der Waals surface area contributed by atoms with Crippen molar-refractivity contribution in [3.05, 3.63) is 82.5 Å². The van der Waals surface area contributed by atoms with E-state index in [4.69, 9.17) is 0 Å². The third kappa shape index (κ3) is 2.27. The number of hydrogen-bond donors (Lipinski definition) is 0. The molecule has 0 aliphatic rings. The second-order valence-corrected chi connectivity index (χ2v) is 6.68. The van der Waals surface area contributed by atoms with Crippen LogP contribution in [0.3, 0.4) is 0 Å². The van der Waals surface area contributed by atoms with Crippen molar-refractivity contribution in [2.24, 2.45) is 0 Å². The SMILES string of the molecule is CCc1ccc(-c2ccccc2)c2c(=O)c3ccccc3sc12. The summed E-state index contributed by atoms with van der Waals surface area (Å²) in [7, 11) is 0. The van der Waals surface area contributed by atoms with Crippen molar-refractivity contribution in [2.45, 2.75) is 13.3 Å².